The van der Waals surface area contributed by atoms with Crippen LogP contribution in [0.5, 0.6) is 0 Å². The molecule has 0 fully saturated rings. The molecule has 0 aliphatic carbocycles. The lowest BCUT2D eigenvalue weighted by Crippen LogP contribution is -2.20. The fourth-order valence-electron chi connectivity index (χ4n) is 1.36. The van der Waals surface area contributed by atoms with Crippen molar-refractivity contribution in [2.75, 3.05) is 5.32 Å². The number of nitrogens with one attached hydrogen (secondary N) is 1. The van der Waals surface area contributed by atoms with Gasteiger partial charge in [-0.2, -0.15) is 0 Å². The van der Waals surface area contributed by atoms with Gasteiger partial charge in [0, 0.05) is 5.69 Å². The first-order valence-electron chi connectivity index (χ1n) is 5.18. The number of alkyl halides is 1. The fourth-order valence-corrected chi connectivity index (χ4v) is 1.48. The summed E-state index contributed by atoms with van der Waals surface area (Å²) in [6.45, 7) is 3.95. The summed E-state index contributed by atoms with van der Waals surface area (Å²) < 4.78 is 0. The Labute approximate surface area is 99.2 Å². The average Bonchev–Trinajstić information content (AvgIpc) is 2.21. The van der Waals surface area contributed by atoms with E-state index in [0.717, 1.165) is 18.5 Å². The van der Waals surface area contributed by atoms with E-state index < -0.39 is 0 Å². The van der Waals surface area contributed by atoms with E-state index in [9.17, 15) is 4.79 Å². The van der Waals surface area contributed by atoms with E-state index >= 15 is 0 Å². The normalized spacial score (nSPS) is 12.2. The summed E-state index contributed by atoms with van der Waals surface area (Å²) >= 11 is 3.25. The molecule has 0 saturated carbocycles. The monoisotopic (exact) mass is 269 g/mol. The Bertz CT molecular complexity index is 336. The van der Waals surface area contributed by atoms with Crippen molar-refractivity contribution in [2.24, 2.45) is 0 Å². The molecule has 1 N–H and O–H groups in total. The lowest BCUT2D eigenvalue weighted by molar-refractivity contribution is -0.115. The zero-order valence-corrected chi connectivity index (χ0v) is 10.7. The molecule has 3 heteroatoms. The molecule has 0 heterocycles. The second-order valence-electron chi connectivity index (χ2n) is 3.51. The maximum atomic E-state index is 11.5. The number of rotatable bonds is 4. The third-order valence-corrected chi connectivity index (χ3v) is 2.57. The van der Waals surface area contributed by atoms with Crippen LogP contribution in [0, 0.1) is 0 Å². The van der Waals surface area contributed by atoms with E-state index in [-0.39, 0.29) is 10.7 Å². The van der Waals surface area contributed by atoms with Gasteiger partial charge in [-0.15, -0.1) is 0 Å². The minimum Gasteiger partial charge on any atom is -0.325 e. The molecular formula is C12H16BrNO. The molecule has 0 aliphatic heterocycles. The Balaban J connectivity index is 2.79. The number of carbonyl (C=O) groups is 1. The van der Waals surface area contributed by atoms with Gasteiger partial charge in [0.1, 0.15) is 0 Å². The molecule has 1 rings (SSSR count). The number of benzene rings is 1. The smallest absolute Gasteiger partial charge is 0.237 e. The Hall–Kier alpha value is -0.830. The van der Waals surface area contributed by atoms with Crippen LogP contribution in [0.15, 0.2) is 24.3 Å². The van der Waals surface area contributed by atoms with E-state index in [1.807, 2.05) is 25.1 Å². The Morgan fingerprint density at radius 1 is 1.47 bits per heavy atom. The van der Waals surface area contributed by atoms with Crippen molar-refractivity contribution < 1.29 is 4.79 Å². The van der Waals surface area contributed by atoms with Crippen molar-refractivity contribution in [1.82, 2.24) is 0 Å². The van der Waals surface area contributed by atoms with Crippen molar-refractivity contribution in [2.45, 2.75) is 31.5 Å². The molecule has 0 saturated heterocycles. The van der Waals surface area contributed by atoms with E-state index in [0.29, 0.717) is 0 Å². The molecule has 15 heavy (non-hydrogen) atoms. The van der Waals surface area contributed by atoms with Gasteiger partial charge < -0.3 is 5.32 Å². The highest BCUT2D eigenvalue weighted by atomic mass is 79.9. The minimum atomic E-state index is -0.160. The van der Waals surface area contributed by atoms with Gasteiger partial charge in [0.25, 0.3) is 0 Å². The zero-order chi connectivity index (χ0) is 11.3. The lowest BCUT2D eigenvalue weighted by Gasteiger charge is -2.11. The van der Waals surface area contributed by atoms with Crippen LogP contribution >= 0.6 is 15.9 Å². The summed E-state index contributed by atoms with van der Waals surface area (Å²) in [6.07, 6.45) is 2.07. The van der Waals surface area contributed by atoms with Crippen LogP contribution in [0.3, 0.4) is 0 Å². The molecule has 0 radical (unpaired) electrons. The number of hydrogen-bond acceptors (Lipinski definition) is 1. The zero-order valence-electron chi connectivity index (χ0n) is 9.09. The minimum absolute atomic E-state index is 0.00134. The third-order valence-electron chi connectivity index (χ3n) is 2.16. The number of aryl methyl sites for hydroxylation is 1. The summed E-state index contributed by atoms with van der Waals surface area (Å²) in [6, 6.07) is 7.93. The Morgan fingerprint density at radius 2 is 2.13 bits per heavy atom. The quantitative estimate of drug-likeness (QED) is 0.835. The van der Waals surface area contributed by atoms with Crippen molar-refractivity contribution >= 4 is 27.5 Å². The van der Waals surface area contributed by atoms with Crippen molar-refractivity contribution in [3.63, 3.8) is 0 Å². The number of anilines is 1. The first-order chi connectivity index (χ1) is 7.15. The molecule has 0 aromatic heterocycles. The molecule has 2 nitrogen and oxygen atoms in total. The molecular weight excluding hydrogens is 254 g/mol. The number of amides is 1. The van der Waals surface area contributed by atoms with Crippen LogP contribution in [0.1, 0.15) is 25.8 Å². The van der Waals surface area contributed by atoms with E-state index in [2.05, 4.69) is 34.2 Å². The van der Waals surface area contributed by atoms with Crippen LogP contribution < -0.4 is 5.32 Å². The molecule has 1 atom stereocenters. The second-order valence-corrected chi connectivity index (χ2v) is 4.89. The van der Waals surface area contributed by atoms with Crippen LogP contribution in [-0.2, 0) is 11.2 Å². The molecule has 0 bridgehead atoms. The van der Waals surface area contributed by atoms with Gasteiger partial charge in [0.05, 0.1) is 4.83 Å². The summed E-state index contributed by atoms with van der Waals surface area (Å²) in [4.78, 5) is 11.4. The van der Waals surface area contributed by atoms with Gasteiger partial charge in [-0.25, -0.2) is 0 Å². The van der Waals surface area contributed by atoms with E-state index in [1.54, 1.807) is 0 Å². The maximum Gasteiger partial charge on any atom is 0.237 e. The van der Waals surface area contributed by atoms with Crippen molar-refractivity contribution in [3.05, 3.63) is 29.8 Å². The lowest BCUT2D eigenvalue weighted by atomic mass is 10.1. The fraction of sp³-hybridized carbons (Fsp3) is 0.417. The third kappa shape index (κ3) is 3.67. The number of para-hydroxylation sites is 1. The molecule has 1 unspecified atom stereocenters. The average molecular weight is 270 g/mol. The van der Waals surface area contributed by atoms with E-state index in [4.69, 9.17) is 0 Å². The van der Waals surface area contributed by atoms with Crippen molar-refractivity contribution in [3.8, 4) is 0 Å². The summed E-state index contributed by atoms with van der Waals surface area (Å²) in [5.41, 5.74) is 2.12. The number of hydrogen-bond donors (Lipinski definition) is 1. The largest absolute Gasteiger partial charge is 0.325 e. The van der Waals surface area contributed by atoms with Gasteiger partial charge >= 0.3 is 0 Å². The standard InChI is InChI=1S/C12H16BrNO/c1-3-6-10-7-4-5-8-11(10)14-12(15)9(2)13/h4-5,7-9H,3,6H2,1-2H3,(H,14,15). The predicted octanol–water partition coefficient (Wildman–Crippen LogP) is 3.36. The first-order valence-corrected chi connectivity index (χ1v) is 6.09. The molecule has 1 amide bonds. The highest BCUT2D eigenvalue weighted by Gasteiger charge is 2.10. The SMILES string of the molecule is CCCc1ccccc1NC(=O)C(C)Br. The topological polar surface area (TPSA) is 29.1 Å². The van der Waals surface area contributed by atoms with Gasteiger partial charge in [0.2, 0.25) is 5.91 Å². The van der Waals surface area contributed by atoms with Crippen LogP contribution in [0.25, 0.3) is 0 Å². The van der Waals surface area contributed by atoms with Gasteiger partial charge in [-0.3, -0.25) is 4.79 Å². The molecule has 1 aromatic carbocycles. The van der Waals surface area contributed by atoms with Gasteiger partial charge in [0.15, 0.2) is 0 Å². The number of carbonyl (C=O) groups excluding carboxylic acids is 1. The van der Waals surface area contributed by atoms with Crippen LogP contribution in [0.4, 0.5) is 5.69 Å². The van der Waals surface area contributed by atoms with Crippen molar-refractivity contribution in [1.29, 1.82) is 0 Å². The highest BCUT2D eigenvalue weighted by molar-refractivity contribution is 9.10. The Kier molecular flexibility index (Phi) is 4.82. The maximum absolute atomic E-state index is 11.5. The summed E-state index contributed by atoms with van der Waals surface area (Å²) in [5, 5.41) is 2.91. The molecule has 82 valence electrons. The van der Waals surface area contributed by atoms with Gasteiger partial charge in [-0.05, 0) is 25.0 Å². The summed E-state index contributed by atoms with van der Waals surface area (Å²) in [5.74, 6) is -0.00134. The molecule has 0 aliphatic rings. The molecule has 0 spiro atoms. The highest BCUT2D eigenvalue weighted by Crippen LogP contribution is 2.17. The first kappa shape index (κ1) is 12.2. The second kappa shape index (κ2) is 5.91. The van der Waals surface area contributed by atoms with Crippen LogP contribution in [0.2, 0.25) is 0 Å². The summed E-state index contributed by atoms with van der Waals surface area (Å²) in [7, 11) is 0. The van der Waals surface area contributed by atoms with Crippen LogP contribution in [-0.4, -0.2) is 10.7 Å². The predicted molar refractivity (Wildman–Crippen MR) is 67.5 cm³/mol. The number of halogens is 1. The molecule has 1 aromatic rings. The Morgan fingerprint density at radius 3 is 2.73 bits per heavy atom. The van der Waals surface area contributed by atoms with E-state index in [1.165, 1.54) is 5.56 Å². The van der Waals surface area contributed by atoms with Gasteiger partial charge in [-0.1, -0.05) is 47.5 Å².